The van der Waals surface area contributed by atoms with Gasteiger partial charge in [-0.15, -0.1) is 0 Å². The number of piperidine rings is 1. The largest absolute Gasteiger partial charge is 0.465 e. The zero-order valence-electron chi connectivity index (χ0n) is 23.4. The number of carbonyl (C=O) groups is 2. The molecule has 0 aliphatic carbocycles. The Balaban J connectivity index is 1.26. The van der Waals surface area contributed by atoms with Crippen LogP contribution in [0.25, 0.3) is 0 Å². The Bertz CT molecular complexity index is 1160. The third-order valence-corrected chi connectivity index (χ3v) is 7.62. The molecule has 3 saturated heterocycles. The van der Waals surface area contributed by atoms with Crippen LogP contribution in [0.2, 0.25) is 0 Å². The van der Waals surface area contributed by atoms with Gasteiger partial charge in [-0.05, 0) is 30.2 Å². The van der Waals surface area contributed by atoms with Gasteiger partial charge in [0.1, 0.15) is 6.54 Å². The Morgan fingerprint density at radius 3 is 2.51 bits per heavy atom. The Labute approximate surface area is 240 Å². The summed E-state index contributed by atoms with van der Waals surface area (Å²) in [5.41, 5.74) is 3.16. The molecule has 41 heavy (non-hydrogen) atoms. The summed E-state index contributed by atoms with van der Waals surface area (Å²) in [5, 5.41) is 14.7. The fourth-order valence-corrected chi connectivity index (χ4v) is 5.49. The number of ether oxygens (including phenoxy) is 5. The van der Waals surface area contributed by atoms with Crippen LogP contribution >= 0.6 is 0 Å². The Hall–Kier alpha value is -3.06. The van der Waals surface area contributed by atoms with E-state index >= 15 is 0 Å². The average molecular weight is 570 g/mol. The molecule has 11 heteroatoms. The van der Waals surface area contributed by atoms with E-state index in [0.29, 0.717) is 25.3 Å². The molecule has 3 N–H and O–H groups in total. The number of nitrogens with one attached hydrogen (secondary N) is 2. The summed E-state index contributed by atoms with van der Waals surface area (Å²) in [4.78, 5) is 26.3. The van der Waals surface area contributed by atoms with Crippen molar-refractivity contribution in [3.63, 3.8) is 0 Å². The number of hydrogen-bond donors (Lipinski definition) is 3. The number of nitrogens with zero attached hydrogens (tertiary/aromatic N) is 1. The van der Waals surface area contributed by atoms with Gasteiger partial charge in [0, 0.05) is 50.1 Å². The van der Waals surface area contributed by atoms with Gasteiger partial charge in [0.2, 0.25) is 0 Å². The van der Waals surface area contributed by atoms with E-state index in [1.807, 2.05) is 42.5 Å². The summed E-state index contributed by atoms with van der Waals surface area (Å²) in [5.74, 6) is -0.931. The number of anilines is 1. The van der Waals surface area contributed by atoms with Gasteiger partial charge in [0.05, 0.1) is 38.6 Å². The molecule has 3 fully saturated rings. The summed E-state index contributed by atoms with van der Waals surface area (Å²) < 4.78 is 29.6. The second-order valence-electron chi connectivity index (χ2n) is 10.5. The molecule has 11 nitrogen and oxygen atoms in total. The minimum atomic E-state index is -0.654. The number of amides is 2. The Morgan fingerprint density at radius 1 is 1.05 bits per heavy atom. The second-order valence-corrected chi connectivity index (χ2v) is 10.5. The number of urea groups is 1. The summed E-state index contributed by atoms with van der Waals surface area (Å²) in [6.45, 7) is 5.50. The van der Waals surface area contributed by atoms with Crippen molar-refractivity contribution in [3.05, 3.63) is 65.2 Å². The van der Waals surface area contributed by atoms with Crippen molar-refractivity contribution in [2.24, 2.45) is 0 Å². The van der Waals surface area contributed by atoms with E-state index in [2.05, 4.69) is 15.5 Å². The van der Waals surface area contributed by atoms with Crippen molar-refractivity contribution >= 4 is 17.7 Å². The molecule has 0 saturated carbocycles. The van der Waals surface area contributed by atoms with E-state index < -0.39 is 24.1 Å². The molecule has 1 spiro atoms. The van der Waals surface area contributed by atoms with Crippen molar-refractivity contribution in [2.45, 2.75) is 57.1 Å². The normalized spacial score (nSPS) is 24.2. The van der Waals surface area contributed by atoms with Crippen molar-refractivity contribution < 1.29 is 38.4 Å². The van der Waals surface area contributed by atoms with Crippen LogP contribution in [0.1, 0.15) is 55.3 Å². The van der Waals surface area contributed by atoms with Crippen LogP contribution in [0.4, 0.5) is 10.5 Å². The van der Waals surface area contributed by atoms with Crippen LogP contribution in [0.3, 0.4) is 0 Å². The van der Waals surface area contributed by atoms with Gasteiger partial charge in [0.25, 0.3) is 0 Å². The third kappa shape index (κ3) is 7.82. The molecule has 0 bridgehead atoms. The fraction of sp³-hybridized carbons (Fsp3) is 0.533. The first kappa shape index (κ1) is 29.4. The van der Waals surface area contributed by atoms with Gasteiger partial charge in [-0.1, -0.05) is 36.4 Å². The van der Waals surface area contributed by atoms with Gasteiger partial charge in [0.15, 0.2) is 12.1 Å². The maximum absolute atomic E-state index is 12.3. The van der Waals surface area contributed by atoms with E-state index in [-0.39, 0.29) is 32.0 Å². The van der Waals surface area contributed by atoms with Crippen molar-refractivity contribution in [3.8, 4) is 0 Å². The smallest absolute Gasteiger partial charge is 0.325 e. The Kier molecular flexibility index (Phi) is 9.86. The first-order chi connectivity index (χ1) is 19.9. The number of rotatable bonds is 9. The standard InChI is InChI=1S/C30H39N3O8/c1-2-37-27(35)18-31-29(36)32-24-5-3-4-23(16-24)28-40-25(17-26(41-28)22-8-6-21(20-34)7-9-22)19-33-12-10-30(11-13-33)38-14-15-39-30/h3-9,16,25-26,28,34H,2,10-15,17-20H2,1H3,(H2,31,32,36). The molecule has 3 heterocycles. The van der Waals surface area contributed by atoms with Crippen molar-refractivity contribution in [2.75, 3.05) is 51.3 Å². The van der Waals surface area contributed by atoms with Gasteiger partial charge >= 0.3 is 12.0 Å². The summed E-state index contributed by atoms with van der Waals surface area (Å²) in [6, 6.07) is 14.6. The molecule has 5 rings (SSSR count). The zero-order valence-corrected chi connectivity index (χ0v) is 23.4. The first-order valence-electron chi connectivity index (χ1n) is 14.3. The molecule has 3 unspecified atom stereocenters. The predicted molar refractivity (Wildman–Crippen MR) is 149 cm³/mol. The Morgan fingerprint density at radius 2 is 1.80 bits per heavy atom. The molecule has 2 aromatic carbocycles. The lowest BCUT2D eigenvalue weighted by Crippen LogP contribution is -2.48. The maximum Gasteiger partial charge on any atom is 0.325 e. The number of esters is 1. The van der Waals surface area contributed by atoms with Gasteiger partial charge in [-0.3, -0.25) is 4.79 Å². The lowest BCUT2D eigenvalue weighted by atomic mass is 9.98. The number of carbonyl (C=O) groups excluding carboxylic acids is 2. The SMILES string of the molecule is CCOC(=O)CNC(=O)Nc1cccc(C2OC(CN3CCC4(CC3)OCCO4)CC(c3ccc(CO)cc3)O2)c1. The highest BCUT2D eigenvalue weighted by atomic mass is 16.7. The van der Waals surface area contributed by atoms with E-state index in [4.69, 9.17) is 23.7 Å². The number of benzene rings is 2. The monoisotopic (exact) mass is 569 g/mol. The summed E-state index contributed by atoms with van der Waals surface area (Å²) >= 11 is 0. The molecule has 3 atom stereocenters. The minimum absolute atomic E-state index is 0.0167. The highest BCUT2D eigenvalue weighted by Crippen LogP contribution is 2.39. The van der Waals surface area contributed by atoms with E-state index in [9.17, 15) is 14.7 Å². The predicted octanol–water partition coefficient (Wildman–Crippen LogP) is 3.25. The molecular formula is C30H39N3O8. The molecule has 222 valence electrons. The molecule has 2 aromatic rings. The number of aliphatic hydroxyl groups is 1. The average Bonchev–Trinajstić information content (AvgIpc) is 3.45. The van der Waals surface area contributed by atoms with Crippen LogP contribution in [-0.4, -0.2) is 79.9 Å². The number of aliphatic hydroxyl groups excluding tert-OH is 1. The maximum atomic E-state index is 12.3. The fourth-order valence-electron chi connectivity index (χ4n) is 5.49. The summed E-state index contributed by atoms with van der Waals surface area (Å²) in [6.07, 6.45) is 1.37. The van der Waals surface area contributed by atoms with Crippen LogP contribution in [-0.2, 0) is 35.1 Å². The van der Waals surface area contributed by atoms with Crippen molar-refractivity contribution in [1.82, 2.24) is 10.2 Å². The van der Waals surface area contributed by atoms with Crippen LogP contribution < -0.4 is 10.6 Å². The van der Waals surface area contributed by atoms with Crippen LogP contribution in [0, 0.1) is 0 Å². The topological polar surface area (TPSA) is 128 Å². The van der Waals surface area contributed by atoms with Gasteiger partial charge in [-0.2, -0.15) is 0 Å². The van der Waals surface area contributed by atoms with E-state index in [1.54, 1.807) is 13.0 Å². The third-order valence-electron chi connectivity index (χ3n) is 7.62. The lowest BCUT2D eigenvalue weighted by molar-refractivity contribution is -0.255. The van der Waals surface area contributed by atoms with Crippen molar-refractivity contribution in [1.29, 1.82) is 0 Å². The molecule has 0 radical (unpaired) electrons. The quantitative estimate of drug-likeness (QED) is 0.390. The number of likely N-dealkylation sites (tertiary alicyclic amines) is 1. The highest BCUT2D eigenvalue weighted by molar-refractivity contribution is 5.91. The summed E-state index contributed by atoms with van der Waals surface area (Å²) in [7, 11) is 0. The van der Waals surface area contributed by atoms with Gasteiger partial charge < -0.3 is 44.3 Å². The first-order valence-corrected chi connectivity index (χ1v) is 14.3. The van der Waals surface area contributed by atoms with Crippen LogP contribution in [0.15, 0.2) is 48.5 Å². The van der Waals surface area contributed by atoms with E-state index in [1.165, 1.54) is 0 Å². The molecule has 0 aromatic heterocycles. The molecule has 3 aliphatic heterocycles. The molecule has 2 amide bonds. The van der Waals surface area contributed by atoms with E-state index in [0.717, 1.165) is 49.2 Å². The molecule has 3 aliphatic rings. The zero-order chi connectivity index (χ0) is 28.7. The number of hydrogen-bond acceptors (Lipinski definition) is 9. The van der Waals surface area contributed by atoms with Crippen LogP contribution in [0.5, 0.6) is 0 Å². The highest BCUT2D eigenvalue weighted by Gasteiger charge is 2.41. The van der Waals surface area contributed by atoms with Gasteiger partial charge in [-0.25, -0.2) is 4.79 Å². The second kappa shape index (κ2) is 13.7. The molecular weight excluding hydrogens is 530 g/mol. The minimum Gasteiger partial charge on any atom is -0.465 e. The lowest BCUT2D eigenvalue weighted by Gasteiger charge is -2.41.